The predicted molar refractivity (Wildman–Crippen MR) is 77.5 cm³/mol. The first-order chi connectivity index (χ1) is 10.2. The number of aryl methyl sites for hydroxylation is 1. The predicted octanol–water partition coefficient (Wildman–Crippen LogP) is 1.24. The largest absolute Gasteiger partial charge is 0.384 e. The second-order valence-corrected chi connectivity index (χ2v) is 5.94. The lowest BCUT2D eigenvalue weighted by molar-refractivity contribution is -0.133. The second kappa shape index (κ2) is 5.97. The summed E-state index contributed by atoms with van der Waals surface area (Å²) in [6.07, 6.45) is 7.13. The molecule has 1 aliphatic carbocycles. The van der Waals surface area contributed by atoms with E-state index in [9.17, 15) is 4.79 Å². The highest BCUT2D eigenvalue weighted by atomic mass is 16.5. The van der Waals surface area contributed by atoms with Crippen molar-refractivity contribution in [3.05, 3.63) is 23.5 Å². The van der Waals surface area contributed by atoms with E-state index in [1.54, 1.807) is 11.8 Å². The molecule has 21 heavy (non-hydrogen) atoms. The molecule has 0 fully saturated rings. The van der Waals surface area contributed by atoms with Crippen LogP contribution < -0.4 is 0 Å². The molecule has 0 spiro atoms. The van der Waals surface area contributed by atoms with Crippen molar-refractivity contribution in [2.75, 3.05) is 20.3 Å². The number of hydrogen-bond acceptors (Lipinski definition) is 4. The van der Waals surface area contributed by atoms with Gasteiger partial charge in [-0.1, -0.05) is 17.4 Å². The van der Waals surface area contributed by atoms with Crippen LogP contribution in [0.4, 0.5) is 0 Å². The molecule has 2 atom stereocenters. The van der Waals surface area contributed by atoms with Crippen LogP contribution in [0.3, 0.4) is 0 Å². The smallest absolute Gasteiger partial charge is 0.223 e. The van der Waals surface area contributed by atoms with E-state index in [0.29, 0.717) is 32.0 Å². The van der Waals surface area contributed by atoms with Crippen LogP contribution in [-0.4, -0.2) is 46.1 Å². The highest BCUT2D eigenvalue weighted by Crippen LogP contribution is 2.28. The molecule has 0 N–H and O–H groups in total. The van der Waals surface area contributed by atoms with Gasteiger partial charge in [0.1, 0.15) is 5.69 Å². The minimum absolute atomic E-state index is 0.154. The van der Waals surface area contributed by atoms with E-state index in [1.165, 1.54) is 0 Å². The summed E-state index contributed by atoms with van der Waals surface area (Å²) in [5.41, 5.74) is 2.00. The number of allylic oxidation sites excluding steroid dienone is 2. The molecule has 0 bridgehead atoms. The molecule has 6 heteroatoms. The molecule has 0 radical (unpaired) electrons. The lowest BCUT2D eigenvalue weighted by Crippen LogP contribution is -2.40. The Morgan fingerprint density at radius 3 is 3.10 bits per heavy atom. The Bertz CT molecular complexity index is 552. The molecule has 6 nitrogen and oxygen atoms in total. The fourth-order valence-corrected chi connectivity index (χ4v) is 3.36. The van der Waals surface area contributed by atoms with Crippen LogP contribution in [0, 0.1) is 5.92 Å². The number of fused-ring (bicyclic) bond motifs is 1. The summed E-state index contributed by atoms with van der Waals surface area (Å²) >= 11 is 0. The highest BCUT2D eigenvalue weighted by Gasteiger charge is 2.32. The Hall–Kier alpha value is -1.69. The maximum absolute atomic E-state index is 12.5. The molecule has 0 aromatic carbocycles. The summed E-state index contributed by atoms with van der Waals surface area (Å²) < 4.78 is 7.11. The minimum atomic E-state index is 0.154. The van der Waals surface area contributed by atoms with Crippen LogP contribution in [0.5, 0.6) is 0 Å². The molecular formula is C15H22N4O2. The maximum atomic E-state index is 12.5. The zero-order valence-corrected chi connectivity index (χ0v) is 12.7. The summed E-state index contributed by atoms with van der Waals surface area (Å²) in [5.74, 6) is 0.771. The van der Waals surface area contributed by atoms with Crippen molar-refractivity contribution in [2.45, 2.75) is 31.7 Å². The third kappa shape index (κ3) is 2.85. The summed E-state index contributed by atoms with van der Waals surface area (Å²) in [7, 11) is 3.59. The van der Waals surface area contributed by atoms with Crippen LogP contribution in [0.15, 0.2) is 12.2 Å². The number of methoxy groups -OCH3 is 1. The topological polar surface area (TPSA) is 60.2 Å². The average molecular weight is 290 g/mol. The van der Waals surface area contributed by atoms with E-state index >= 15 is 0 Å². The maximum Gasteiger partial charge on any atom is 0.223 e. The Morgan fingerprint density at radius 1 is 1.52 bits per heavy atom. The number of ether oxygens (including phenoxy) is 1. The lowest BCUT2D eigenvalue weighted by atomic mass is 9.97. The Balaban J connectivity index is 1.73. The molecule has 2 heterocycles. The van der Waals surface area contributed by atoms with Crippen molar-refractivity contribution < 1.29 is 9.53 Å². The van der Waals surface area contributed by atoms with Crippen molar-refractivity contribution in [1.82, 2.24) is 19.9 Å². The van der Waals surface area contributed by atoms with Gasteiger partial charge in [0.05, 0.1) is 18.8 Å². The lowest BCUT2D eigenvalue weighted by Gasteiger charge is -2.32. The number of carbonyl (C=O) groups is 1. The van der Waals surface area contributed by atoms with Gasteiger partial charge < -0.3 is 9.64 Å². The average Bonchev–Trinajstić information content (AvgIpc) is 3.09. The minimum Gasteiger partial charge on any atom is -0.384 e. The molecule has 2 unspecified atom stereocenters. The molecule has 114 valence electrons. The first-order valence-corrected chi connectivity index (χ1v) is 7.51. The molecule has 1 amide bonds. The van der Waals surface area contributed by atoms with Gasteiger partial charge in [-0.3, -0.25) is 9.48 Å². The number of nitrogens with zero attached hydrogens (tertiary/aromatic N) is 4. The summed E-state index contributed by atoms with van der Waals surface area (Å²) in [4.78, 5) is 14.4. The third-order valence-electron chi connectivity index (χ3n) is 4.38. The number of hydrogen-bond donors (Lipinski definition) is 0. The fourth-order valence-electron chi connectivity index (χ4n) is 3.36. The quantitative estimate of drug-likeness (QED) is 0.783. The summed E-state index contributed by atoms with van der Waals surface area (Å²) in [6.45, 7) is 1.84. The van der Waals surface area contributed by atoms with Crippen LogP contribution >= 0.6 is 0 Å². The van der Waals surface area contributed by atoms with Crippen molar-refractivity contribution in [2.24, 2.45) is 13.0 Å². The fraction of sp³-hybridized carbons (Fsp3) is 0.667. The van der Waals surface area contributed by atoms with E-state index in [2.05, 4.69) is 22.5 Å². The molecule has 1 aliphatic heterocycles. The number of amides is 1. The first-order valence-electron chi connectivity index (χ1n) is 7.51. The number of carbonyl (C=O) groups excluding carboxylic acids is 1. The van der Waals surface area contributed by atoms with Gasteiger partial charge in [-0.15, -0.1) is 5.10 Å². The monoisotopic (exact) mass is 290 g/mol. The van der Waals surface area contributed by atoms with Gasteiger partial charge in [0, 0.05) is 33.0 Å². The Kier molecular flexibility index (Phi) is 4.05. The normalized spacial score (nSPS) is 24.4. The highest BCUT2D eigenvalue weighted by molar-refractivity contribution is 5.77. The van der Waals surface area contributed by atoms with E-state index in [1.807, 2.05) is 11.9 Å². The van der Waals surface area contributed by atoms with Crippen molar-refractivity contribution in [1.29, 1.82) is 0 Å². The van der Waals surface area contributed by atoms with E-state index in [0.717, 1.165) is 24.2 Å². The number of aromatic nitrogens is 3. The van der Waals surface area contributed by atoms with Gasteiger partial charge in [-0.2, -0.15) is 0 Å². The van der Waals surface area contributed by atoms with Crippen LogP contribution in [0.2, 0.25) is 0 Å². The van der Waals surface area contributed by atoms with Crippen molar-refractivity contribution in [3.63, 3.8) is 0 Å². The molecule has 2 aliphatic rings. The van der Waals surface area contributed by atoms with Gasteiger partial charge >= 0.3 is 0 Å². The van der Waals surface area contributed by atoms with Gasteiger partial charge in [0.2, 0.25) is 5.91 Å². The molecular weight excluding hydrogens is 268 g/mol. The van der Waals surface area contributed by atoms with Crippen LogP contribution in [0.1, 0.15) is 36.6 Å². The molecule has 3 rings (SSSR count). The van der Waals surface area contributed by atoms with Gasteiger partial charge in [0.25, 0.3) is 0 Å². The van der Waals surface area contributed by atoms with Crippen LogP contribution in [-0.2, 0) is 23.1 Å². The zero-order chi connectivity index (χ0) is 14.8. The van der Waals surface area contributed by atoms with E-state index in [-0.39, 0.29) is 11.8 Å². The first kappa shape index (κ1) is 14.3. The molecule has 0 saturated carbocycles. The number of rotatable bonds is 4. The third-order valence-corrected chi connectivity index (χ3v) is 4.38. The molecule has 1 aromatic heterocycles. The standard InChI is InChI=1S/C15H22N4O2/c1-18-15-12(10-21-2)8-19(9-13(15)16-17-18)14(20)7-11-5-3-4-6-11/h3,5,11-12H,4,6-10H2,1-2H3. The van der Waals surface area contributed by atoms with Gasteiger partial charge in [-0.25, -0.2) is 0 Å². The summed E-state index contributed by atoms with van der Waals surface area (Å²) in [5, 5.41) is 8.29. The van der Waals surface area contributed by atoms with Gasteiger partial charge in [-0.05, 0) is 18.8 Å². The van der Waals surface area contributed by atoms with E-state index in [4.69, 9.17) is 4.74 Å². The van der Waals surface area contributed by atoms with Crippen LogP contribution in [0.25, 0.3) is 0 Å². The SMILES string of the molecule is COCC1CN(C(=O)CC2C=CCC2)Cc2nnn(C)c21. The molecule has 0 saturated heterocycles. The zero-order valence-electron chi connectivity index (χ0n) is 12.7. The van der Waals surface area contributed by atoms with Gasteiger partial charge in [0.15, 0.2) is 0 Å². The van der Waals surface area contributed by atoms with Crippen molar-refractivity contribution >= 4 is 5.91 Å². The molecule has 1 aromatic rings. The van der Waals surface area contributed by atoms with E-state index < -0.39 is 0 Å². The summed E-state index contributed by atoms with van der Waals surface area (Å²) in [6, 6.07) is 0. The Labute approximate surface area is 124 Å². The Morgan fingerprint density at radius 2 is 2.38 bits per heavy atom. The second-order valence-electron chi connectivity index (χ2n) is 5.94. The van der Waals surface area contributed by atoms with Crippen molar-refractivity contribution in [3.8, 4) is 0 Å².